The molecule has 2 aromatic rings. The van der Waals surface area contributed by atoms with Gasteiger partial charge in [-0.1, -0.05) is 19.0 Å². The number of hydrogen-bond donors (Lipinski definition) is 1. The van der Waals surface area contributed by atoms with E-state index in [0.29, 0.717) is 11.7 Å². The molecule has 0 aromatic carbocycles. The lowest BCUT2D eigenvalue weighted by molar-refractivity contribution is 0.350. The van der Waals surface area contributed by atoms with Gasteiger partial charge in [0.05, 0.1) is 17.4 Å². The summed E-state index contributed by atoms with van der Waals surface area (Å²) in [6, 6.07) is 1.81. The number of nitrogens with two attached hydrogens (primary N) is 1. The Morgan fingerprint density at radius 3 is 2.59 bits per heavy atom. The summed E-state index contributed by atoms with van der Waals surface area (Å²) in [7, 11) is 0. The maximum atomic E-state index is 6.21. The molecular weight excluding hydrogens is 218 g/mol. The normalized spacial score (nSPS) is 12.0. The second-order valence-electron chi connectivity index (χ2n) is 4.18. The zero-order valence-electron chi connectivity index (χ0n) is 10.4. The largest absolute Gasteiger partial charge is 0.469 e. The van der Waals surface area contributed by atoms with E-state index in [4.69, 9.17) is 14.7 Å². The van der Waals surface area contributed by atoms with Crippen molar-refractivity contribution < 1.29 is 8.94 Å². The highest BCUT2D eigenvalue weighted by Crippen LogP contribution is 2.27. The van der Waals surface area contributed by atoms with Crippen LogP contribution >= 0.6 is 0 Å². The van der Waals surface area contributed by atoms with Crippen LogP contribution < -0.4 is 5.73 Å². The van der Waals surface area contributed by atoms with E-state index >= 15 is 0 Å². The fourth-order valence-corrected chi connectivity index (χ4v) is 1.71. The van der Waals surface area contributed by atoms with Gasteiger partial charge in [0.1, 0.15) is 5.76 Å². The minimum atomic E-state index is -0.514. The van der Waals surface area contributed by atoms with E-state index < -0.39 is 5.54 Å². The van der Waals surface area contributed by atoms with Crippen molar-refractivity contribution >= 4 is 0 Å². The predicted octanol–water partition coefficient (Wildman–Crippen LogP) is 2.61. The topological polar surface area (TPSA) is 78.1 Å². The van der Waals surface area contributed by atoms with Gasteiger partial charge in [-0.05, 0) is 25.8 Å². The molecule has 0 radical (unpaired) electrons. The molecule has 0 bridgehead atoms. The number of rotatable bonds is 4. The van der Waals surface area contributed by atoms with Crippen LogP contribution in [0.25, 0.3) is 11.5 Å². The second-order valence-corrected chi connectivity index (χ2v) is 4.18. The third kappa shape index (κ3) is 1.98. The van der Waals surface area contributed by atoms with Crippen LogP contribution in [0.15, 0.2) is 21.3 Å². The van der Waals surface area contributed by atoms with Gasteiger partial charge in [0, 0.05) is 0 Å². The summed E-state index contributed by atoms with van der Waals surface area (Å²) in [5.41, 5.74) is 6.52. The molecule has 2 N–H and O–H groups in total. The quantitative estimate of drug-likeness (QED) is 0.881. The van der Waals surface area contributed by atoms with Gasteiger partial charge in [-0.2, -0.15) is 4.98 Å². The zero-order valence-corrected chi connectivity index (χ0v) is 10.4. The van der Waals surface area contributed by atoms with Crippen LogP contribution in [0.1, 0.15) is 38.3 Å². The molecule has 0 aliphatic rings. The van der Waals surface area contributed by atoms with Gasteiger partial charge in [-0.15, -0.1) is 0 Å². The Morgan fingerprint density at radius 2 is 2.06 bits per heavy atom. The highest BCUT2D eigenvalue weighted by Gasteiger charge is 2.29. The minimum Gasteiger partial charge on any atom is -0.469 e. The minimum absolute atomic E-state index is 0.461. The van der Waals surface area contributed by atoms with E-state index in [1.807, 2.05) is 26.8 Å². The van der Waals surface area contributed by atoms with Crippen molar-refractivity contribution in [2.45, 2.75) is 39.2 Å². The predicted molar refractivity (Wildman–Crippen MR) is 63.2 cm³/mol. The van der Waals surface area contributed by atoms with Crippen molar-refractivity contribution in [3.63, 3.8) is 0 Å². The SMILES string of the molecule is CCC(N)(CC)c1noc(-c2ccoc2C)n1. The highest BCUT2D eigenvalue weighted by molar-refractivity contribution is 5.54. The first-order valence-corrected chi connectivity index (χ1v) is 5.78. The Hall–Kier alpha value is -1.62. The van der Waals surface area contributed by atoms with E-state index in [-0.39, 0.29) is 0 Å². The van der Waals surface area contributed by atoms with Gasteiger partial charge in [-0.3, -0.25) is 0 Å². The molecule has 0 spiro atoms. The molecule has 0 fully saturated rings. The van der Waals surface area contributed by atoms with E-state index in [2.05, 4.69) is 10.1 Å². The standard InChI is InChI=1S/C12H17N3O2/c1-4-12(13,5-2)11-14-10(17-15-11)9-6-7-16-8(9)3/h6-7H,4-5,13H2,1-3H3. The lowest BCUT2D eigenvalue weighted by Crippen LogP contribution is -2.36. The third-order valence-corrected chi connectivity index (χ3v) is 3.22. The van der Waals surface area contributed by atoms with Crippen LogP contribution in [0.5, 0.6) is 0 Å². The van der Waals surface area contributed by atoms with Crippen molar-refractivity contribution in [3.05, 3.63) is 23.9 Å². The zero-order chi connectivity index (χ0) is 12.5. The molecule has 0 saturated carbocycles. The first-order chi connectivity index (χ1) is 8.10. The summed E-state index contributed by atoms with van der Waals surface area (Å²) < 4.78 is 10.4. The number of aryl methyl sites for hydroxylation is 1. The van der Waals surface area contributed by atoms with Crippen molar-refractivity contribution in [1.82, 2.24) is 10.1 Å². The molecule has 92 valence electrons. The Labute approximate surface area is 100.0 Å². The maximum Gasteiger partial charge on any atom is 0.261 e. The van der Waals surface area contributed by atoms with Gasteiger partial charge in [0.25, 0.3) is 5.89 Å². The first kappa shape index (κ1) is 11.9. The molecule has 5 nitrogen and oxygen atoms in total. The monoisotopic (exact) mass is 235 g/mol. The highest BCUT2D eigenvalue weighted by atomic mass is 16.5. The Morgan fingerprint density at radius 1 is 1.35 bits per heavy atom. The summed E-state index contributed by atoms with van der Waals surface area (Å²) in [6.07, 6.45) is 3.14. The fourth-order valence-electron chi connectivity index (χ4n) is 1.71. The molecular formula is C12H17N3O2. The molecule has 2 aromatic heterocycles. The molecule has 0 unspecified atom stereocenters. The third-order valence-electron chi connectivity index (χ3n) is 3.22. The Kier molecular flexibility index (Phi) is 3.02. The van der Waals surface area contributed by atoms with Crippen LogP contribution in [0.2, 0.25) is 0 Å². The second kappa shape index (κ2) is 4.33. The number of aromatic nitrogens is 2. The average molecular weight is 235 g/mol. The molecule has 0 saturated heterocycles. The fraction of sp³-hybridized carbons (Fsp3) is 0.500. The van der Waals surface area contributed by atoms with Crippen molar-refractivity contribution in [3.8, 4) is 11.5 Å². The van der Waals surface area contributed by atoms with Crippen LogP contribution in [0.4, 0.5) is 0 Å². The van der Waals surface area contributed by atoms with Gasteiger partial charge < -0.3 is 14.7 Å². The summed E-state index contributed by atoms with van der Waals surface area (Å²) in [6.45, 7) is 5.89. The Balaban J connectivity index is 2.37. The van der Waals surface area contributed by atoms with Crippen LogP contribution in [-0.2, 0) is 5.54 Å². The maximum absolute atomic E-state index is 6.21. The van der Waals surface area contributed by atoms with Crippen molar-refractivity contribution in [1.29, 1.82) is 0 Å². The van der Waals surface area contributed by atoms with Crippen LogP contribution in [0, 0.1) is 6.92 Å². The van der Waals surface area contributed by atoms with Gasteiger partial charge in [0.15, 0.2) is 5.82 Å². The average Bonchev–Trinajstić information content (AvgIpc) is 2.96. The molecule has 0 amide bonds. The number of furan rings is 1. The Bertz CT molecular complexity index is 497. The van der Waals surface area contributed by atoms with E-state index in [1.54, 1.807) is 6.26 Å². The first-order valence-electron chi connectivity index (χ1n) is 5.78. The van der Waals surface area contributed by atoms with Crippen LogP contribution in [-0.4, -0.2) is 10.1 Å². The molecule has 5 heteroatoms. The molecule has 0 atom stereocenters. The summed E-state index contributed by atoms with van der Waals surface area (Å²) in [5, 5.41) is 3.97. The van der Waals surface area contributed by atoms with Crippen molar-refractivity contribution in [2.75, 3.05) is 0 Å². The summed E-state index contributed by atoms with van der Waals surface area (Å²) in [5.74, 6) is 1.77. The molecule has 2 heterocycles. The number of nitrogens with zero attached hydrogens (tertiary/aromatic N) is 2. The molecule has 17 heavy (non-hydrogen) atoms. The van der Waals surface area contributed by atoms with Gasteiger partial charge in [-0.25, -0.2) is 0 Å². The van der Waals surface area contributed by atoms with E-state index in [9.17, 15) is 0 Å². The molecule has 0 aliphatic carbocycles. The lowest BCUT2D eigenvalue weighted by Gasteiger charge is -2.21. The molecule has 0 aliphatic heterocycles. The van der Waals surface area contributed by atoms with E-state index in [1.165, 1.54) is 0 Å². The van der Waals surface area contributed by atoms with Gasteiger partial charge >= 0.3 is 0 Å². The molecule has 2 rings (SSSR count). The summed E-state index contributed by atoms with van der Waals surface area (Å²) >= 11 is 0. The van der Waals surface area contributed by atoms with Crippen LogP contribution in [0.3, 0.4) is 0 Å². The smallest absolute Gasteiger partial charge is 0.261 e. The van der Waals surface area contributed by atoms with Gasteiger partial charge in [0.2, 0.25) is 0 Å². The summed E-state index contributed by atoms with van der Waals surface area (Å²) in [4.78, 5) is 4.36. The van der Waals surface area contributed by atoms with E-state index in [0.717, 1.165) is 24.2 Å². The number of hydrogen-bond acceptors (Lipinski definition) is 5. The lowest BCUT2D eigenvalue weighted by atomic mass is 9.93. The van der Waals surface area contributed by atoms with Crippen molar-refractivity contribution in [2.24, 2.45) is 5.73 Å².